The molecule has 0 bridgehead atoms. The first kappa shape index (κ1) is 6.25. The van der Waals surface area contributed by atoms with Crippen LogP contribution in [0, 0.1) is 0 Å². The van der Waals surface area contributed by atoms with E-state index in [1.165, 1.54) is 0 Å². The normalized spacial score (nSPS) is 11.8. The summed E-state index contributed by atoms with van der Waals surface area (Å²) in [6, 6.07) is 0. The third-order valence-electron chi connectivity index (χ3n) is 0. The molecule has 0 radical (unpaired) electrons. The van der Waals surface area contributed by atoms with Crippen LogP contribution in [0.25, 0.3) is 0 Å². The average Bonchev–Trinajstić information content (AvgIpc) is 0.722. The fraction of sp³-hybridized carbons (Fsp3) is 0. The Kier molecular flexibility index (Phi) is 2.26. The van der Waals surface area contributed by atoms with Crippen molar-refractivity contribution in [3.8, 4) is 0 Å². The summed E-state index contributed by atoms with van der Waals surface area (Å²) in [5.74, 6) is 0. The van der Waals surface area contributed by atoms with Gasteiger partial charge in [0.05, 0.1) is 0 Å². The third-order valence-corrected chi connectivity index (χ3v) is 0. The molecule has 0 saturated heterocycles. The Labute approximate surface area is 44.4 Å². The number of rotatable bonds is 0. The molecule has 0 atom stereocenters. The van der Waals surface area contributed by atoms with Crippen LogP contribution in [-0.4, -0.2) is 0 Å². The van der Waals surface area contributed by atoms with Gasteiger partial charge in [-0.15, -0.1) is 0 Å². The summed E-state index contributed by atoms with van der Waals surface area (Å²) >= 11 is -3.71. The molecular weight excluding hydrogens is 173 g/mol. The molecule has 0 aromatic carbocycles. The van der Waals surface area contributed by atoms with Gasteiger partial charge in [0, 0.05) is 0 Å². The molecule has 0 unspecified atom stereocenters. The van der Waals surface area contributed by atoms with Gasteiger partial charge in [0.1, 0.15) is 0 Å². The van der Waals surface area contributed by atoms with E-state index in [0.717, 1.165) is 0 Å². The SMILES string of the molecule is [O]=[V]([Cl])([Cl])[Cl]. The third kappa shape index (κ3) is 35.4. The van der Waals surface area contributed by atoms with Crippen LogP contribution in [-0.2, 0) is 14.8 Å². The van der Waals surface area contributed by atoms with Crippen molar-refractivity contribution in [3.05, 3.63) is 0 Å². The second-order valence-corrected chi connectivity index (χ2v) is 9.67. The molecule has 1 nitrogen and oxygen atoms in total. The van der Waals surface area contributed by atoms with Gasteiger partial charge < -0.3 is 0 Å². The van der Waals surface area contributed by atoms with E-state index in [1.54, 1.807) is 0 Å². The molecule has 5 heteroatoms. The van der Waals surface area contributed by atoms with Crippen LogP contribution < -0.4 is 0 Å². The van der Waals surface area contributed by atoms with E-state index in [9.17, 15) is 3.67 Å². The van der Waals surface area contributed by atoms with Gasteiger partial charge in [0.15, 0.2) is 0 Å². The predicted octanol–water partition coefficient (Wildman–Crippen LogP) is 1.95. The zero-order valence-corrected chi connectivity index (χ0v) is 5.65. The van der Waals surface area contributed by atoms with Crippen LogP contribution in [0.1, 0.15) is 0 Å². The van der Waals surface area contributed by atoms with Crippen LogP contribution in [0.2, 0.25) is 0 Å². The first-order valence-corrected chi connectivity index (χ1v) is 7.03. The molecule has 0 aliphatic rings. The van der Waals surface area contributed by atoms with Crippen molar-refractivity contribution >= 4 is 29.5 Å². The van der Waals surface area contributed by atoms with Crippen LogP contribution >= 0.6 is 29.5 Å². The number of halogens is 3. The zero-order valence-electron chi connectivity index (χ0n) is 1.99. The maximum atomic E-state index is 9.57. The van der Waals surface area contributed by atoms with E-state index in [2.05, 4.69) is 29.5 Å². The van der Waals surface area contributed by atoms with Gasteiger partial charge >= 0.3 is 44.3 Å². The Balaban J connectivity index is 3.47. The van der Waals surface area contributed by atoms with Gasteiger partial charge in [-0.25, -0.2) is 0 Å². The summed E-state index contributed by atoms with van der Waals surface area (Å²) in [7, 11) is 14.0. The first-order chi connectivity index (χ1) is 2.00. The van der Waals surface area contributed by atoms with Crippen LogP contribution in [0.3, 0.4) is 0 Å². The molecule has 0 amide bonds. The molecule has 5 heavy (non-hydrogen) atoms. The topological polar surface area (TPSA) is 17.1 Å². The summed E-state index contributed by atoms with van der Waals surface area (Å²) in [5.41, 5.74) is 0. The first-order valence-electron chi connectivity index (χ1n) is 0.690. The summed E-state index contributed by atoms with van der Waals surface area (Å²) in [4.78, 5) is 0. The van der Waals surface area contributed by atoms with E-state index >= 15 is 0 Å². The Morgan fingerprint density at radius 2 is 1.20 bits per heavy atom. The van der Waals surface area contributed by atoms with Gasteiger partial charge in [-0.3, -0.25) is 0 Å². The van der Waals surface area contributed by atoms with Gasteiger partial charge in [0.2, 0.25) is 0 Å². The Bertz CT molecular complexity index is 53.0. The summed E-state index contributed by atoms with van der Waals surface area (Å²) in [6.45, 7) is 0. The molecule has 0 N–H and O–H groups in total. The number of hydrogen-bond donors (Lipinski definition) is 0. The molecule has 0 fully saturated rings. The fourth-order valence-corrected chi connectivity index (χ4v) is 0. The van der Waals surface area contributed by atoms with Crippen molar-refractivity contribution in [2.75, 3.05) is 0 Å². The molecule has 0 spiro atoms. The second-order valence-electron chi connectivity index (χ2n) is 0.399. The molecular formula is Cl3OV. The van der Waals surface area contributed by atoms with Crippen molar-refractivity contribution in [2.45, 2.75) is 0 Å². The summed E-state index contributed by atoms with van der Waals surface area (Å²) < 4.78 is 9.57. The van der Waals surface area contributed by atoms with Crippen LogP contribution in [0.15, 0.2) is 0 Å². The fourth-order valence-electron chi connectivity index (χ4n) is 0. The standard InChI is InChI=1S/3ClH.O.V/h3*1H;;/q;;;;+3/p-3. The van der Waals surface area contributed by atoms with Crippen molar-refractivity contribution in [1.82, 2.24) is 0 Å². The van der Waals surface area contributed by atoms with E-state index in [1.807, 2.05) is 0 Å². The molecule has 32 valence electrons. The Morgan fingerprint density at radius 1 is 1.20 bits per heavy atom. The molecule has 0 aromatic heterocycles. The van der Waals surface area contributed by atoms with Crippen molar-refractivity contribution in [3.63, 3.8) is 0 Å². The van der Waals surface area contributed by atoms with Crippen molar-refractivity contribution in [1.29, 1.82) is 0 Å². The minimum atomic E-state index is -3.71. The molecule has 0 aromatic rings. The average molecular weight is 173 g/mol. The molecule has 0 rings (SSSR count). The van der Waals surface area contributed by atoms with Crippen molar-refractivity contribution in [2.24, 2.45) is 0 Å². The van der Waals surface area contributed by atoms with Gasteiger partial charge in [-0.1, -0.05) is 0 Å². The van der Waals surface area contributed by atoms with E-state index in [0.29, 0.717) is 0 Å². The van der Waals surface area contributed by atoms with Crippen LogP contribution in [0.5, 0.6) is 0 Å². The van der Waals surface area contributed by atoms with E-state index in [-0.39, 0.29) is 0 Å². The Hall–Kier alpha value is 1.25. The van der Waals surface area contributed by atoms with Gasteiger partial charge in [-0.2, -0.15) is 0 Å². The van der Waals surface area contributed by atoms with Gasteiger partial charge in [-0.05, 0) is 0 Å². The van der Waals surface area contributed by atoms with E-state index < -0.39 is 11.1 Å². The Morgan fingerprint density at radius 3 is 1.20 bits per heavy atom. The van der Waals surface area contributed by atoms with Crippen LogP contribution in [0.4, 0.5) is 0 Å². The molecule has 0 heterocycles. The summed E-state index contributed by atoms with van der Waals surface area (Å²) in [5, 5.41) is 0. The maximum absolute atomic E-state index is 9.57. The zero-order chi connectivity index (χ0) is 4.50. The second kappa shape index (κ2) is 1.81. The number of hydrogen-bond acceptors (Lipinski definition) is 1. The van der Waals surface area contributed by atoms with E-state index in [4.69, 9.17) is 0 Å². The predicted molar refractivity (Wildman–Crippen MR) is 18.2 cm³/mol. The van der Waals surface area contributed by atoms with Gasteiger partial charge in [0.25, 0.3) is 0 Å². The molecule has 0 saturated carbocycles. The molecule has 0 aliphatic heterocycles. The minimum absolute atomic E-state index is 3.71. The monoisotopic (exact) mass is 172 g/mol. The van der Waals surface area contributed by atoms with Crippen molar-refractivity contribution < 1.29 is 14.8 Å². The summed E-state index contributed by atoms with van der Waals surface area (Å²) in [6.07, 6.45) is 0. The molecule has 0 aliphatic carbocycles. The quantitative estimate of drug-likeness (QED) is 0.547.